The molecule has 0 amide bonds. The van der Waals surface area contributed by atoms with Gasteiger partial charge in [0.1, 0.15) is 0 Å². The number of hydrogen-bond acceptors (Lipinski definition) is 18. The average Bonchev–Trinajstić information content (AvgIpc) is 3.71. The molecule has 0 aromatic carbocycles. The van der Waals surface area contributed by atoms with Crippen LogP contribution in [0.25, 0.3) is 0 Å². The van der Waals surface area contributed by atoms with Crippen LogP contribution in [0.3, 0.4) is 0 Å². The molecule has 4 bridgehead atoms. The quantitative estimate of drug-likeness (QED) is 0.164. The second kappa shape index (κ2) is 10.4. The Hall–Kier alpha value is -5.16. The Morgan fingerprint density at radius 2 is 0.896 bits per heavy atom. The van der Waals surface area contributed by atoms with Crippen molar-refractivity contribution in [2.45, 2.75) is 57.8 Å². The van der Waals surface area contributed by atoms with Crippen LogP contribution >= 0.6 is 0 Å². The molecule has 8 unspecified atom stereocenters. The molecule has 3 spiro atoms. The Balaban J connectivity index is 0.000000114. The second-order valence-corrected chi connectivity index (χ2v) is 13.6. The summed E-state index contributed by atoms with van der Waals surface area (Å²) in [7, 11) is 0. The highest BCUT2D eigenvalue weighted by Gasteiger charge is 2.73. The van der Waals surface area contributed by atoms with E-state index in [4.69, 9.17) is 0 Å². The maximum absolute atomic E-state index is 11.7. The number of hydrogen-bond donors (Lipinski definition) is 0. The summed E-state index contributed by atoms with van der Waals surface area (Å²) in [4.78, 5) is 136. The monoisotopic (exact) mass is 672 g/mol. The molecule has 6 saturated heterocycles. The summed E-state index contributed by atoms with van der Waals surface area (Å²) in [5.41, 5.74) is -3.21. The fourth-order valence-electron chi connectivity index (χ4n) is 8.66. The standard InChI is InChI=1S/C11H10O6.C10H8O6.C9H6O6/c12-7-4-11(10(15)16-7)2-5-1-6(3-11)9(14)17-8(5)13;11-6-3-10(9(14)15-6)2-4-1-5(10)8(13)16-7(4)12;10-4-2-9(8(13)14-4)1-3-5(9)7(12)15-6(3)11/h5-6H,1-4H2;4-5H,1-3H2;3,5H,1-2H2. The Labute approximate surface area is 267 Å². The molecule has 9 fully saturated rings. The minimum absolute atomic E-state index is 0.0284. The van der Waals surface area contributed by atoms with Gasteiger partial charge in [-0.1, -0.05) is 0 Å². The molecule has 8 atom stereocenters. The topological polar surface area (TPSA) is 260 Å². The van der Waals surface area contributed by atoms with E-state index in [0.717, 1.165) is 0 Å². The highest BCUT2D eigenvalue weighted by Crippen LogP contribution is 2.60. The van der Waals surface area contributed by atoms with Gasteiger partial charge in [-0.3, -0.25) is 57.5 Å². The second-order valence-electron chi connectivity index (χ2n) is 13.6. The van der Waals surface area contributed by atoms with Crippen LogP contribution in [0.15, 0.2) is 0 Å². The predicted octanol–water partition coefficient (Wildman–Crippen LogP) is -1.33. The molecular weight excluding hydrogens is 648 g/mol. The van der Waals surface area contributed by atoms with E-state index in [1.165, 1.54) is 0 Å². The lowest BCUT2D eigenvalue weighted by Gasteiger charge is -2.41. The lowest BCUT2D eigenvalue weighted by atomic mass is 9.54. The summed E-state index contributed by atoms with van der Waals surface area (Å²) in [6, 6.07) is 0. The normalized spacial score (nSPS) is 41.5. The Kier molecular flexibility index (Phi) is 6.82. The first kappa shape index (κ1) is 31.4. The largest absolute Gasteiger partial charge is 0.393 e. The lowest BCUT2D eigenvalue weighted by Crippen LogP contribution is -2.52. The van der Waals surface area contributed by atoms with Gasteiger partial charge >= 0.3 is 71.6 Å². The third kappa shape index (κ3) is 4.51. The molecule has 18 nitrogen and oxygen atoms in total. The number of carbonyl (C=O) groups is 12. The van der Waals surface area contributed by atoms with Gasteiger partial charge < -0.3 is 28.4 Å². The summed E-state index contributed by atoms with van der Waals surface area (Å²) in [5, 5.41) is 0. The van der Waals surface area contributed by atoms with Crippen LogP contribution in [-0.2, 0) is 86.0 Å². The van der Waals surface area contributed by atoms with E-state index in [9.17, 15) is 57.5 Å². The fraction of sp³-hybridized carbons (Fsp3) is 0.600. The van der Waals surface area contributed by atoms with Crippen molar-refractivity contribution < 1.29 is 86.0 Å². The highest BCUT2D eigenvalue weighted by molar-refractivity contribution is 6.08. The molecule has 6 aliphatic heterocycles. The van der Waals surface area contributed by atoms with Gasteiger partial charge in [0.05, 0.1) is 71.0 Å². The van der Waals surface area contributed by atoms with E-state index in [1.807, 2.05) is 0 Å². The third-order valence-corrected chi connectivity index (χ3v) is 10.9. The van der Waals surface area contributed by atoms with E-state index in [0.29, 0.717) is 12.8 Å². The minimum atomic E-state index is -1.13. The number of esters is 12. The summed E-state index contributed by atoms with van der Waals surface area (Å²) < 4.78 is 27.0. The van der Waals surface area contributed by atoms with Crippen molar-refractivity contribution in [2.75, 3.05) is 0 Å². The van der Waals surface area contributed by atoms with E-state index in [2.05, 4.69) is 28.4 Å². The Bertz CT molecular complexity index is 1680. The van der Waals surface area contributed by atoms with Gasteiger partial charge in [0, 0.05) is 0 Å². The van der Waals surface area contributed by atoms with Crippen LogP contribution in [0.5, 0.6) is 0 Å². The smallest absolute Gasteiger partial charge is 0.321 e. The van der Waals surface area contributed by atoms with Gasteiger partial charge in [-0.15, -0.1) is 0 Å². The van der Waals surface area contributed by atoms with Crippen molar-refractivity contribution in [3.63, 3.8) is 0 Å². The average molecular weight is 673 g/mol. The molecule has 0 aromatic heterocycles. The fourth-order valence-corrected chi connectivity index (χ4v) is 8.66. The van der Waals surface area contributed by atoms with Crippen LogP contribution in [0, 0.1) is 51.8 Å². The SMILES string of the molecule is O=C1CC2(CC3C(=O)OC(=O)C32)C(=O)O1.O=C1CC2(CC3CC(C2)C(=O)OC3=O)C(=O)O1.O=C1CC2(CC3CC2C(=O)OC3=O)C(=O)O1. The van der Waals surface area contributed by atoms with Gasteiger partial charge in [-0.05, 0) is 38.5 Å². The zero-order valence-corrected chi connectivity index (χ0v) is 24.7. The maximum Gasteiger partial charge on any atom is 0.321 e. The zero-order chi connectivity index (χ0) is 34.5. The van der Waals surface area contributed by atoms with Gasteiger partial charge in [0.15, 0.2) is 0 Å². The van der Waals surface area contributed by atoms with Gasteiger partial charge in [-0.2, -0.15) is 0 Å². The van der Waals surface area contributed by atoms with Crippen molar-refractivity contribution in [3.05, 3.63) is 0 Å². The van der Waals surface area contributed by atoms with Crippen LogP contribution in [0.4, 0.5) is 0 Å². The number of ether oxygens (including phenoxy) is 6. The summed E-state index contributed by atoms with van der Waals surface area (Å²) in [6.07, 6.45) is 1.32. The third-order valence-electron chi connectivity index (χ3n) is 10.9. The van der Waals surface area contributed by atoms with E-state index in [-0.39, 0.29) is 44.9 Å². The van der Waals surface area contributed by atoms with Crippen LogP contribution in [-0.4, -0.2) is 71.6 Å². The van der Waals surface area contributed by atoms with E-state index >= 15 is 0 Å². The van der Waals surface area contributed by atoms with Crippen molar-refractivity contribution in [1.82, 2.24) is 0 Å². The molecule has 0 aromatic rings. The molecule has 6 heterocycles. The first-order chi connectivity index (χ1) is 22.6. The molecule has 0 radical (unpaired) electrons. The van der Waals surface area contributed by atoms with E-state index in [1.54, 1.807) is 0 Å². The van der Waals surface area contributed by atoms with Crippen molar-refractivity contribution in [1.29, 1.82) is 0 Å². The summed E-state index contributed by atoms with van der Waals surface area (Å²) in [5.74, 6) is -11.0. The first-order valence-electron chi connectivity index (χ1n) is 15.1. The summed E-state index contributed by atoms with van der Waals surface area (Å²) in [6.45, 7) is 0. The van der Waals surface area contributed by atoms with Crippen molar-refractivity contribution >= 4 is 71.6 Å². The van der Waals surface area contributed by atoms with Gasteiger partial charge in [0.25, 0.3) is 0 Å². The predicted molar refractivity (Wildman–Crippen MR) is 136 cm³/mol. The lowest BCUT2D eigenvalue weighted by molar-refractivity contribution is -0.180. The molecule has 9 rings (SSSR count). The molecule has 48 heavy (non-hydrogen) atoms. The highest BCUT2D eigenvalue weighted by atomic mass is 16.6. The number of carbonyl (C=O) groups excluding carboxylic acids is 12. The van der Waals surface area contributed by atoms with E-state index < -0.39 is 123 Å². The molecule has 9 aliphatic rings. The molecule has 252 valence electrons. The number of rotatable bonds is 0. The zero-order valence-electron chi connectivity index (χ0n) is 24.7. The maximum atomic E-state index is 11.7. The van der Waals surface area contributed by atoms with Crippen molar-refractivity contribution in [3.8, 4) is 0 Å². The van der Waals surface area contributed by atoms with Crippen LogP contribution in [0.2, 0.25) is 0 Å². The minimum Gasteiger partial charge on any atom is -0.393 e. The molecule has 3 saturated carbocycles. The number of cyclic esters (lactones) is 12. The Morgan fingerprint density at radius 3 is 1.40 bits per heavy atom. The summed E-state index contributed by atoms with van der Waals surface area (Å²) >= 11 is 0. The van der Waals surface area contributed by atoms with Crippen LogP contribution in [0.1, 0.15) is 57.8 Å². The molecule has 3 aliphatic carbocycles. The van der Waals surface area contributed by atoms with Crippen LogP contribution < -0.4 is 0 Å². The Morgan fingerprint density at radius 1 is 0.417 bits per heavy atom. The molecule has 0 N–H and O–H groups in total. The molecule has 18 heteroatoms. The number of fused-ring (bicyclic) bond motifs is 7. The van der Waals surface area contributed by atoms with Crippen molar-refractivity contribution in [2.24, 2.45) is 51.8 Å². The van der Waals surface area contributed by atoms with Gasteiger partial charge in [-0.25, -0.2) is 0 Å². The first-order valence-corrected chi connectivity index (χ1v) is 15.1. The van der Waals surface area contributed by atoms with Gasteiger partial charge in [0.2, 0.25) is 0 Å². The molecular formula is C30H24O18.